The van der Waals surface area contributed by atoms with Crippen molar-refractivity contribution in [3.63, 3.8) is 0 Å². The van der Waals surface area contributed by atoms with Crippen LogP contribution in [0, 0.1) is 11.6 Å². The van der Waals surface area contributed by atoms with Gasteiger partial charge in [0.15, 0.2) is 16.8 Å². The van der Waals surface area contributed by atoms with E-state index in [0.717, 1.165) is 23.2 Å². The lowest BCUT2D eigenvalue weighted by molar-refractivity contribution is -0.115. The first-order chi connectivity index (χ1) is 12.0. The molecule has 1 atom stereocenters. The topological polar surface area (TPSA) is 67.0 Å². The molecule has 0 spiro atoms. The second kappa shape index (κ2) is 7.10. The Morgan fingerprint density at radius 3 is 2.76 bits per heavy atom. The molecule has 0 radical (unpaired) electrons. The summed E-state index contributed by atoms with van der Waals surface area (Å²) in [7, 11) is 1.58. The van der Waals surface area contributed by atoms with Crippen LogP contribution in [0.4, 0.5) is 14.5 Å². The smallest absolute Gasteiger partial charge is 0.237 e. The number of halogens is 2. The van der Waals surface area contributed by atoms with Crippen LogP contribution in [0.15, 0.2) is 41.6 Å². The number of benzene rings is 2. The Kier molecular flexibility index (Phi) is 4.89. The van der Waals surface area contributed by atoms with E-state index in [4.69, 9.17) is 4.74 Å². The molecule has 1 amide bonds. The maximum absolute atomic E-state index is 13.2. The summed E-state index contributed by atoms with van der Waals surface area (Å²) in [4.78, 5) is 19.7. The highest BCUT2D eigenvalue weighted by molar-refractivity contribution is 8.00. The molecule has 2 aromatic carbocycles. The summed E-state index contributed by atoms with van der Waals surface area (Å²) in [5.41, 5.74) is 1.76. The fourth-order valence-electron chi connectivity index (χ4n) is 2.19. The van der Waals surface area contributed by atoms with Crippen molar-refractivity contribution in [3.05, 3.63) is 48.0 Å². The normalized spacial score (nSPS) is 12.2. The Balaban J connectivity index is 1.69. The number of carbonyl (C=O) groups is 1. The van der Waals surface area contributed by atoms with Gasteiger partial charge in [0.2, 0.25) is 5.91 Å². The quantitative estimate of drug-likeness (QED) is 0.673. The largest absolute Gasteiger partial charge is 0.497 e. The van der Waals surface area contributed by atoms with E-state index in [9.17, 15) is 13.6 Å². The molecule has 0 fully saturated rings. The molecule has 5 nitrogen and oxygen atoms in total. The highest BCUT2D eigenvalue weighted by atomic mass is 32.2. The minimum Gasteiger partial charge on any atom is -0.497 e. The summed E-state index contributed by atoms with van der Waals surface area (Å²) in [6, 6.07) is 8.66. The average molecular weight is 363 g/mol. The highest BCUT2D eigenvalue weighted by Crippen LogP contribution is 2.26. The molecule has 1 aromatic heterocycles. The number of aromatic nitrogens is 2. The third kappa shape index (κ3) is 3.90. The number of H-pyrrole nitrogens is 1. The standard InChI is InChI=1S/C17H15F2N3O2S/c1-9(16(23)20-10-3-5-12(18)13(19)7-10)25-17-21-14-6-4-11(24-2)8-15(14)22-17/h3-9H,1-2H3,(H,20,23)(H,21,22). The second-order valence-corrected chi connectivity index (χ2v) is 6.63. The van der Waals surface area contributed by atoms with Crippen LogP contribution in [0.2, 0.25) is 0 Å². The van der Waals surface area contributed by atoms with Gasteiger partial charge in [-0.05, 0) is 31.2 Å². The summed E-state index contributed by atoms with van der Waals surface area (Å²) in [5.74, 6) is -1.60. The Hall–Kier alpha value is -2.61. The van der Waals surface area contributed by atoms with Crippen LogP contribution in [0.25, 0.3) is 11.0 Å². The molecule has 8 heteroatoms. The van der Waals surface area contributed by atoms with Crippen molar-refractivity contribution in [3.8, 4) is 5.75 Å². The number of imidazole rings is 1. The van der Waals surface area contributed by atoms with Crippen molar-refractivity contribution in [2.45, 2.75) is 17.3 Å². The maximum atomic E-state index is 13.2. The van der Waals surface area contributed by atoms with Gasteiger partial charge in [-0.2, -0.15) is 0 Å². The number of hydrogen-bond acceptors (Lipinski definition) is 4. The lowest BCUT2D eigenvalue weighted by Crippen LogP contribution is -2.22. The van der Waals surface area contributed by atoms with Crippen LogP contribution < -0.4 is 10.1 Å². The van der Waals surface area contributed by atoms with Gasteiger partial charge in [0.05, 0.1) is 23.4 Å². The summed E-state index contributed by atoms with van der Waals surface area (Å²) in [6.45, 7) is 1.70. The van der Waals surface area contributed by atoms with Crippen molar-refractivity contribution >= 4 is 34.4 Å². The number of fused-ring (bicyclic) bond motifs is 1. The molecular formula is C17H15F2N3O2S. The molecule has 3 rings (SSSR count). The van der Waals surface area contributed by atoms with Crippen molar-refractivity contribution in [2.75, 3.05) is 12.4 Å². The summed E-state index contributed by atoms with van der Waals surface area (Å²) < 4.78 is 31.3. The maximum Gasteiger partial charge on any atom is 0.237 e. The molecule has 0 aliphatic heterocycles. The van der Waals surface area contributed by atoms with Crippen molar-refractivity contribution < 1.29 is 18.3 Å². The number of ether oxygens (including phenoxy) is 1. The number of methoxy groups -OCH3 is 1. The van der Waals surface area contributed by atoms with Gasteiger partial charge >= 0.3 is 0 Å². The van der Waals surface area contributed by atoms with E-state index in [1.165, 1.54) is 17.8 Å². The fourth-order valence-corrected chi connectivity index (χ4v) is 3.01. The molecule has 130 valence electrons. The first-order valence-corrected chi connectivity index (χ1v) is 8.30. The Morgan fingerprint density at radius 1 is 1.24 bits per heavy atom. The SMILES string of the molecule is COc1ccc2nc(SC(C)C(=O)Nc3ccc(F)c(F)c3)[nH]c2c1. The Labute approximate surface area is 146 Å². The second-order valence-electron chi connectivity index (χ2n) is 5.30. The molecule has 0 bridgehead atoms. The Bertz CT molecular complexity index is 929. The predicted molar refractivity (Wildman–Crippen MR) is 93.0 cm³/mol. The van der Waals surface area contributed by atoms with Crippen LogP contribution in [-0.2, 0) is 4.79 Å². The lowest BCUT2D eigenvalue weighted by Gasteiger charge is -2.10. The van der Waals surface area contributed by atoms with E-state index < -0.39 is 16.9 Å². The van der Waals surface area contributed by atoms with Crippen molar-refractivity contribution in [1.82, 2.24) is 9.97 Å². The summed E-state index contributed by atoms with van der Waals surface area (Å²) in [5, 5.41) is 2.64. The van der Waals surface area contributed by atoms with Crippen LogP contribution in [0.5, 0.6) is 5.75 Å². The van der Waals surface area contributed by atoms with Crippen molar-refractivity contribution in [2.24, 2.45) is 0 Å². The van der Waals surface area contributed by atoms with Crippen LogP contribution in [-0.4, -0.2) is 28.2 Å². The number of anilines is 1. The van der Waals surface area contributed by atoms with Gasteiger partial charge < -0.3 is 15.0 Å². The van der Waals surface area contributed by atoms with Gasteiger partial charge in [-0.15, -0.1) is 0 Å². The number of nitrogens with zero attached hydrogens (tertiary/aromatic N) is 1. The zero-order chi connectivity index (χ0) is 18.0. The number of aromatic amines is 1. The molecule has 3 aromatic rings. The van der Waals surface area contributed by atoms with Crippen LogP contribution in [0.1, 0.15) is 6.92 Å². The molecule has 1 unspecified atom stereocenters. The number of thioether (sulfide) groups is 1. The van der Waals surface area contributed by atoms with Gasteiger partial charge in [0.25, 0.3) is 0 Å². The van der Waals surface area contributed by atoms with Gasteiger partial charge in [-0.1, -0.05) is 11.8 Å². The van der Waals surface area contributed by atoms with Gasteiger partial charge in [0.1, 0.15) is 5.75 Å². The van der Waals surface area contributed by atoms with E-state index in [1.807, 2.05) is 12.1 Å². The van der Waals surface area contributed by atoms with Crippen molar-refractivity contribution in [1.29, 1.82) is 0 Å². The van der Waals surface area contributed by atoms with E-state index >= 15 is 0 Å². The van der Waals surface area contributed by atoms with Gasteiger partial charge in [-0.25, -0.2) is 13.8 Å². The molecular weight excluding hydrogens is 348 g/mol. The Morgan fingerprint density at radius 2 is 2.04 bits per heavy atom. The number of rotatable bonds is 5. The lowest BCUT2D eigenvalue weighted by atomic mass is 10.3. The molecule has 0 aliphatic rings. The number of nitrogens with one attached hydrogen (secondary N) is 2. The van der Waals surface area contributed by atoms with Gasteiger partial charge in [0, 0.05) is 17.8 Å². The predicted octanol–water partition coefficient (Wildman–Crippen LogP) is 3.97. The molecule has 25 heavy (non-hydrogen) atoms. The first kappa shape index (κ1) is 17.2. The van der Waals surface area contributed by atoms with Gasteiger partial charge in [-0.3, -0.25) is 4.79 Å². The third-order valence-corrected chi connectivity index (χ3v) is 4.50. The molecule has 0 saturated carbocycles. The minimum absolute atomic E-state index is 0.200. The molecule has 0 aliphatic carbocycles. The number of carbonyl (C=O) groups excluding carboxylic acids is 1. The third-order valence-electron chi connectivity index (χ3n) is 3.51. The summed E-state index contributed by atoms with van der Waals surface area (Å²) >= 11 is 1.23. The molecule has 0 saturated heterocycles. The zero-order valence-corrected chi connectivity index (χ0v) is 14.3. The zero-order valence-electron chi connectivity index (χ0n) is 13.5. The van der Waals surface area contributed by atoms with E-state index in [-0.39, 0.29) is 11.6 Å². The molecule has 1 heterocycles. The summed E-state index contributed by atoms with van der Waals surface area (Å²) in [6.07, 6.45) is 0. The van der Waals surface area contributed by atoms with E-state index in [1.54, 1.807) is 20.1 Å². The van der Waals surface area contributed by atoms with Crippen LogP contribution in [0.3, 0.4) is 0 Å². The monoisotopic (exact) mass is 363 g/mol. The number of hydrogen-bond donors (Lipinski definition) is 2. The first-order valence-electron chi connectivity index (χ1n) is 7.42. The van der Waals surface area contributed by atoms with E-state index in [0.29, 0.717) is 10.9 Å². The minimum atomic E-state index is -1.01. The average Bonchev–Trinajstić information content (AvgIpc) is 2.99. The number of amides is 1. The highest BCUT2D eigenvalue weighted by Gasteiger charge is 2.17. The fraction of sp³-hybridized carbons (Fsp3) is 0.176. The van der Waals surface area contributed by atoms with E-state index in [2.05, 4.69) is 15.3 Å². The van der Waals surface area contributed by atoms with Crippen LogP contribution >= 0.6 is 11.8 Å². The molecule has 2 N–H and O–H groups in total.